The molecule has 226 valence electrons. The molecule has 11 nitrogen and oxygen atoms in total. The Morgan fingerprint density at radius 3 is 2.44 bits per heavy atom. The van der Waals surface area contributed by atoms with Crippen LogP contribution in [0, 0.1) is 12.3 Å². The molecule has 0 saturated carbocycles. The zero-order valence-corrected chi connectivity index (χ0v) is 25.3. The third-order valence-corrected chi connectivity index (χ3v) is 7.91. The van der Waals surface area contributed by atoms with Gasteiger partial charge in [0.1, 0.15) is 18.7 Å². The predicted molar refractivity (Wildman–Crippen MR) is 157 cm³/mol. The van der Waals surface area contributed by atoms with Crippen LogP contribution in [0.15, 0.2) is 29.8 Å². The van der Waals surface area contributed by atoms with Crippen molar-refractivity contribution in [3.05, 3.63) is 41.0 Å². The van der Waals surface area contributed by atoms with Gasteiger partial charge in [0.15, 0.2) is 0 Å². The number of amides is 3. The Balaban J connectivity index is 1.63. The number of aryl methyl sites for hydroxylation is 1. The van der Waals surface area contributed by atoms with E-state index in [0.29, 0.717) is 19.8 Å². The van der Waals surface area contributed by atoms with Crippen molar-refractivity contribution >= 4 is 29.1 Å². The van der Waals surface area contributed by atoms with Gasteiger partial charge in [0.05, 0.1) is 48.0 Å². The molecule has 1 aromatic carbocycles. The molecule has 2 aromatic rings. The van der Waals surface area contributed by atoms with Gasteiger partial charge in [-0.3, -0.25) is 14.4 Å². The van der Waals surface area contributed by atoms with Crippen LogP contribution in [-0.2, 0) is 23.9 Å². The summed E-state index contributed by atoms with van der Waals surface area (Å²) < 4.78 is 10.6. The number of ether oxygens (including phenoxy) is 2. The molecule has 4 atom stereocenters. The first-order valence-electron chi connectivity index (χ1n) is 13.9. The molecule has 1 aromatic heterocycles. The molecular formula is C29H43N5O6S. The number of benzene rings is 1. The van der Waals surface area contributed by atoms with Gasteiger partial charge in [0.2, 0.25) is 17.7 Å². The van der Waals surface area contributed by atoms with Crippen LogP contribution >= 0.6 is 11.3 Å². The van der Waals surface area contributed by atoms with Gasteiger partial charge >= 0.3 is 0 Å². The monoisotopic (exact) mass is 589 g/mol. The van der Waals surface area contributed by atoms with Crippen molar-refractivity contribution in [2.24, 2.45) is 11.1 Å². The van der Waals surface area contributed by atoms with E-state index in [1.54, 1.807) is 11.3 Å². The summed E-state index contributed by atoms with van der Waals surface area (Å²) in [6, 6.07) is 5.82. The molecule has 12 heteroatoms. The topological polar surface area (TPSA) is 156 Å². The summed E-state index contributed by atoms with van der Waals surface area (Å²) in [4.78, 5) is 46.5. The van der Waals surface area contributed by atoms with E-state index in [4.69, 9.17) is 15.2 Å². The molecule has 0 spiro atoms. The minimum atomic E-state index is -0.923. The Morgan fingerprint density at radius 1 is 1.15 bits per heavy atom. The molecule has 5 N–H and O–H groups in total. The maximum Gasteiger partial charge on any atom is 0.246 e. The molecule has 3 rings (SSSR count). The zero-order chi connectivity index (χ0) is 30.2. The van der Waals surface area contributed by atoms with Gasteiger partial charge in [0.25, 0.3) is 0 Å². The van der Waals surface area contributed by atoms with E-state index in [0.717, 1.165) is 21.7 Å². The maximum absolute atomic E-state index is 13.7. The van der Waals surface area contributed by atoms with Gasteiger partial charge in [-0.25, -0.2) is 4.98 Å². The molecule has 41 heavy (non-hydrogen) atoms. The largest absolute Gasteiger partial charge is 0.391 e. The Bertz CT molecular complexity index is 1170. The van der Waals surface area contributed by atoms with Gasteiger partial charge in [-0.15, -0.1) is 11.3 Å². The Hall–Kier alpha value is -2.90. The van der Waals surface area contributed by atoms with Gasteiger partial charge < -0.3 is 35.8 Å². The number of aliphatic hydroxyl groups excluding tert-OH is 1. The minimum Gasteiger partial charge on any atom is -0.391 e. The quantitative estimate of drug-likeness (QED) is 0.258. The van der Waals surface area contributed by atoms with Crippen molar-refractivity contribution in [1.82, 2.24) is 20.5 Å². The first kappa shape index (κ1) is 32.6. The summed E-state index contributed by atoms with van der Waals surface area (Å²) in [6.45, 7) is 10.4. The van der Waals surface area contributed by atoms with E-state index >= 15 is 0 Å². The smallest absolute Gasteiger partial charge is 0.246 e. The first-order chi connectivity index (χ1) is 19.4. The van der Waals surface area contributed by atoms with E-state index < -0.39 is 35.4 Å². The number of carbonyl (C=O) groups is 3. The van der Waals surface area contributed by atoms with Crippen LogP contribution in [0.5, 0.6) is 0 Å². The molecule has 1 fully saturated rings. The summed E-state index contributed by atoms with van der Waals surface area (Å²) in [5.74, 6) is -1.24. The fourth-order valence-corrected chi connectivity index (χ4v) is 5.50. The van der Waals surface area contributed by atoms with Gasteiger partial charge in [0, 0.05) is 19.5 Å². The van der Waals surface area contributed by atoms with Crippen molar-refractivity contribution in [2.75, 3.05) is 39.5 Å². The van der Waals surface area contributed by atoms with Gasteiger partial charge in [-0.05, 0) is 30.4 Å². The van der Waals surface area contributed by atoms with Gasteiger partial charge in [-0.2, -0.15) is 0 Å². The number of thiazole rings is 1. The average Bonchev–Trinajstić information content (AvgIpc) is 3.53. The summed E-state index contributed by atoms with van der Waals surface area (Å²) in [5.41, 5.74) is 9.47. The molecule has 3 amide bonds. The van der Waals surface area contributed by atoms with Gasteiger partial charge in [-0.1, -0.05) is 45.0 Å². The fraction of sp³-hybridized carbons (Fsp3) is 0.586. The van der Waals surface area contributed by atoms with Crippen LogP contribution in [0.1, 0.15) is 51.4 Å². The van der Waals surface area contributed by atoms with E-state index in [-0.39, 0.29) is 38.1 Å². The summed E-state index contributed by atoms with van der Waals surface area (Å²) in [7, 11) is 0. The lowest BCUT2D eigenvalue weighted by Gasteiger charge is -2.35. The minimum absolute atomic E-state index is 0.00559. The van der Waals surface area contributed by atoms with Crippen molar-refractivity contribution in [2.45, 2.75) is 65.3 Å². The molecule has 1 saturated heterocycles. The van der Waals surface area contributed by atoms with Crippen LogP contribution in [-0.4, -0.2) is 90.4 Å². The Morgan fingerprint density at radius 2 is 1.83 bits per heavy atom. The number of likely N-dealkylation sites (tertiary alicyclic amines) is 1. The number of hydrogen-bond acceptors (Lipinski definition) is 9. The fourth-order valence-electron chi connectivity index (χ4n) is 4.69. The molecule has 4 unspecified atom stereocenters. The zero-order valence-electron chi connectivity index (χ0n) is 24.5. The number of nitrogens with two attached hydrogens (primary N) is 1. The molecule has 1 aliphatic heterocycles. The lowest BCUT2D eigenvalue weighted by atomic mass is 9.85. The number of β-amino-alcohol motifs (C(OH)–C–C–N with tert-alkyl or cyclic N) is 1. The van der Waals surface area contributed by atoms with E-state index in [2.05, 4.69) is 15.6 Å². The highest BCUT2D eigenvalue weighted by molar-refractivity contribution is 7.13. The molecular weight excluding hydrogens is 546 g/mol. The van der Waals surface area contributed by atoms with E-state index in [1.165, 1.54) is 4.90 Å². The van der Waals surface area contributed by atoms with Crippen molar-refractivity contribution in [1.29, 1.82) is 0 Å². The second kappa shape index (κ2) is 14.8. The number of aliphatic hydroxyl groups is 1. The van der Waals surface area contributed by atoms with E-state index in [9.17, 15) is 19.5 Å². The highest BCUT2D eigenvalue weighted by Crippen LogP contribution is 2.29. The highest BCUT2D eigenvalue weighted by atomic mass is 32.1. The number of rotatable bonds is 13. The standard InChI is InChI=1S/C29H43N5O6S/c1-18(20-6-8-21(9-7-20)25-19(2)31-17-41-25)32-27(37)23-14-22(35)15-34(23)28(38)26(29(3,4)5)33-24(36)16-40-13-12-39-11-10-30/h6-9,17-18,22-23,26,35H,10-16,30H2,1-5H3,(H,32,37)(H,33,36). The molecule has 2 heterocycles. The maximum atomic E-state index is 13.7. The average molecular weight is 590 g/mol. The molecule has 1 aliphatic rings. The van der Waals surface area contributed by atoms with Crippen LogP contribution in [0.4, 0.5) is 0 Å². The third-order valence-electron chi connectivity index (χ3n) is 6.93. The number of nitrogens with one attached hydrogen (secondary N) is 2. The van der Waals surface area contributed by atoms with Crippen molar-refractivity contribution in [3.8, 4) is 10.4 Å². The number of nitrogens with zero attached hydrogens (tertiary/aromatic N) is 2. The Labute approximate surface area is 245 Å². The van der Waals surface area contributed by atoms with Crippen LogP contribution in [0.25, 0.3) is 10.4 Å². The summed E-state index contributed by atoms with van der Waals surface area (Å²) in [6.07, 6.45) is -0.731. The summed E-state index contributed by atoms with van der Waals surface area (Å²) in [5, 5.41) is 16.2. The highest BCUT2D eigenvalue weighted by Gasteiger charge is 2.44. The molecule has 0 radical (unpaired) electrons. The lowest BCUT2D eigenvalue weighted by Crippen LogP contribution is -2.58. The lowest BCUT2D eigenvalue weighted by molar-refractivity contribution is -0.144. The van der Waals surface area contributed by atoms with Crippen molar-refractivity contribution < 1.29 is 29.0 Å². The van der Waals surface area contributed by atoms with E-state index in [1.807, 2.05) is 64.4 Å². The summed E-state index contributed by atoms with van der Waals surface area (Å²) >= 11 is 1.58. The molecule has 0 aliphatic carbocycles. The van der Waals surface area contributed by atoms with Crippen molar-refractivity contribution in [3.63, 3.8) is 0 Å². The SMILES string of the molecule is Cc1ncsc1-c1ccc(C(C)NC(=O)C2CC(O)CN2C(=O)C(NC(=O)COCCOCCN)C(C)(C)C)cc1. The number of hydrogen-bond donors (Lipinski definition) is 4. The second-order valence-electron chi connectivity index (χ2n) is 11.3. The van der Waals surface area contributed by atoms with Crippen LogP contribution in [0.2, 0.25) is 0 Å². The molecule has 0 bridgehead atoms. The third kappa shape index (κ3) is 9.04. The Kier molecular flexibility index (Phi) is 11.8. The van der Waals surface area contributed by atoms with Crippen LogP contribution in [0.3, 0.4) is 0 Å². The first-order valence-corrected chi connectivity index (χ1v) is 14.7. The predicted octanol–water partition coefficient (Wildman–Crippen LogP) is 1.78. The normalized spacial score (nSPS) is 18.7. The second-order valence-corrected chi connectivity index (χ2v) is 12.2. The van der Waals surface area contributed by atoms with Crippen LogP contribution < -0.4 is 16.4 Å². The number of aromatic nitrogens is 1. The number of carbonyl (C=O) groups excluding carboxylic acids is 3.